The summed E-state index contributed by atoms with van der Waals surface area (Å²) in [6.07, 6.45) is 2.86. The van der Waals surface area contributed by atoms with E-state index in [1.807, 2.05) is 20.8 Å². The summed E-state index contributed by atoms with van der Waals surface area (Å²) >= 11 is 0. The molecule has 0 aromatic heterocycles. The van der Waals surface area contributed by atoms with Gasteiger partial charge in [-0.1, -0.05) is 13.3 Å². The Labute approximate surface area is 74.2 Å². The molecule has 0 heterocycles. The highest BCUT2D eigenvalue weighted by Crippen LogP contribution is 2.46. The van der Waals surface area contributed by atoms with Crippen LogP contribution < -0.4 is 0 Å². The second-order valence-electron chi connectivity index (χ2n) is 4.45. The maximum absolute atomic E-state index is 10.3. The average molecular weight is 167 g/mol. The van der Waals surface area contributed by atoms with Crippen molar-refractivity contribution >= 4 is 0 Å². The zero-order valence-electron chi connectivity index (χ0n) is 8.09. The van der Waals surface area contributed by atoms with E-state index in [1.165, 1.54) is 0 Å². The summed E-state index contributed by atoms with van der Waals surface area (Å²) < 4.78 is 0. The fourth-order valence-corrected chi connectivity index (χ4v) is 2.19. The second-order valence-corrected chi connectivity index (χ2v) is 4.45. The molecular formula is C10H17NO. The van der Waals surface area contributed by atoms with Crippen LogP contribution in [0.3, 0.4) is 0 Å². The Kier molecular flexibility index (Phi) is 2.18. The summed E-state index contributed by atoms with van der Waals surface area (Å²) in [5, 5.41) is 19.2. The third-order valence-corrected chi connectivity index (χ3v) is 3.37. The van der Waals surface area contributed by atoms with Gasteiger partial charge >= 0.3 is 0 Å². The lowest BCUT2D eigenvalue weighted by molar-refractivity contribution is -0.0649. The van der Waals surface area contributed by atoms with Crippen LogP contribution in [0.5, 0.6) is 0 Å². The summed E-state index contributed by atoms with van der Waals surface area (Å²) in [5.41, 5.74) is -1.37. The van der Waals surface area contributed by atoms with Gasteiger partial charge in [-0.2, -0.15) is 5.26 Å². The molecule has 1 saturated carbocycles. The van der Waals surface area contributed by atoms with Crippen molar-refractivity contribution < 1.29 is 5.11 Å². The predicted octanol–water partition coefficient (Wildman–Crippen LogP) is 2.09. The van der Waals surface area contributed by atoms with Gasteiger partial charge in [-0.15, -0.1) is 0 Å². The van der Waals surface area contributed by atoms with Crippen molar-refractivity contribution in [3.8, 4) is 6.07 Å². The normalized spacial score (nSPS) is 36.4. The maximum atomic E-state index is 10.3. The van der Waals surface area contributed by atoms with Crippen molar-refractivity contribution in [3.63, 3.8) is 0 Å². The molecule has 1 aliphatic carbocycles. The Balaban J connectivity index is 2.92. The fourth-order valence-electron chi connectivity index (χ4n) is 2.19. The van der Waals surface area contributed by atoms with Gasteiger partial charge in [0.05, 0.1) is 17.1 Å². The van der Waals surface area contributed by atoms with E-state index >= 15 is 0 Å². The van der Waals surface area contributed by atoms with Crippen molar-refractivity contribution in [1.29, 1.82) is 5.26 Å². The van der Waals surface area contributed by atoms with Gasteiger partial charge in [0.25, 0.3) is 0 Å². The predicted molar refractivity (Wildman–Crippen MR) is 47.4 cm³/mol. The topological polar surface area (TPSA) is 44.0 Å². The summed E-state index contributed by atoms with van der Waals surface area (Å²) in [6.45, 7) is 5.69. The Bertz CT molecular complexity index is 216. The van der Waals surface area contributed by atoms with Crippen LogP contribution in [0.25, 0.3) is 0 Å². The summed E-state index contributed by atoms with van der Waals surface area (Å²) in [5.74, 6) is 0.257. The van der Waals surface area contributed by atoms with Gasteiger partial charge < -0.3 is 5.11 Å². The molecule has 2 unspecified atom stereocenters. The van der Waals surface area contributed by atoms with E-state index in [1.54, 1.807) is 0 Å². The van der Waals surface area contributed by atoms with Crippen LogP contribution in [0, 0.1) is 22.7 Å². The molecule has 1 rings (SSSR count). The lowest BCUT2D eigenvalue weighted by atomic mass is 9.70. The largest absolute Gasteiger partial charge is 0.388 e. The summed E-state index contributed by atoms with van der Waals surface area (Å²) in [6, 6.07) is 2.20. The number of rotatable bonds is 1. The number of hydrogen-bond acceptors (Lipinski definition) is 2. The molecule has 1 fully saturated rings. The van der Waals surface area contributed by atoms with Crippen molar-refractivity contribution in [2.75, 3.05) is 0 Å². The SMILES string of the molecule is CC1CCCC1(O)C(C)(C)C#N. The Morgan fingerprint density at radius 3 is 2.50 bits per heavy atom. The first-order chi connectivity index (χ1) is 5.44. The van der Waals surface area contributed by atoms with Crippen LogP contribution in [0.4, 0.5) is 0 Å². The van der Waals surface area contributed by atoms with E-state index in [0.29, 0.717) is 0 Å². The van der Waals surface area contributed by atoms with Crippen LogP contribution in [0.15, 0.2) is 0 Å². The van der Waals surface area contributed by atoms with Gasteiger partial charge in [0.1, 0.15) is 0 Å². The molecule has 1 N–H and O–H groups in total. The van der Waals surface area contributed by atoms with Crippen molar-refractivity contribution in [3.05, 3.63) is 0 Å². The summed E-state index contributed by atoms with van der Waals surface area (Å²) in [4.78, 5) is 0. The molecule has 1 aliphatic rings. The molecule has 0 saturated heterocycles. The van der Waals surface area contributed by atoms with Crippen molar-refractivity contribution in [2.24, 2.45) is 11.3 Å². The Hall–Kier alpha value is -0.550. The first kappa shape index (κ1) is 9.54. The average Bonchev–Trinajstić information content (AvgIpc) is 2.34. The monoisotopic (exact) mass is 167 g/mol. The standard InChI is InChI=1S/C10H17NO/c1-8-5-4-6-10(8,12)9(2,3)7-11/h8,12H,4-6H2,1-3H3. The van der Waals surface area contributed by atoms with Gasteiger partial charge in [-0.05, 0) is 32.6 Å². The first-order valence-electron chi connectivity index (χ1n) is 4.58. The number of aliphatic hydroxyl groups is 1. The minimum Gasteiger partial charge on any atom is -0.388 e. The molecule has 0 aromatic rings. The number of hydrogen-bond donors (Lipinski definition) is 1. The van der Waals surface area contributed by atoms with Crippen LogP contribution in [0.2, 0.25) is 0 Å². The zero-order chi connectivity index (χ0) is 9.41. The number of nitriles is 1. The van der Waals surface area contributed by atoms with Crippen LogP contribution >= 0.6 is 0 Å². The molecule has 12 heavy (non-hydrogen) atoms. The highest BCUT2D eigenvalue weighted by atomic mass is 16.3. The minimum absolute atomic E-state index is 0.257. The maximum Gasteiger partial charge on any atom is 0.0853 e. The molecular weight excluding hydrogens is 150 g/mol. The smallest absolute Gasteiger partial charge is 0.0853 e. The van der Waals surface area contributed by atoms with Crippen molar-refractivity contribution in [2.45, 2.75) is 45.6 Å². The molecule has 0 bridgehead atoms. The van der Waals surface area contributed by atoms with E-state index in [2.05, 4.69) is 6.07 Å². The highest BCUT2D eigenvalue weighted by Gasteiger charge is 2.50. The molecule has 0 aliphatic heterocycles. The van der Waals surface area contributed by atoms with Gasteiger partial charge in [-0.25, -0.2) is 0 Å². The third-order valence-electron chi connectivity index (χ3n) is 3.37. The van der Waals surface area contributed by atoms with Gasteiger partial charge in [0.15, 0.2) is 0 Å². The number of nitrogens with zero attached hydrogens (tertiary/aromatic N) is 1. The molecule has 2 heteroatoms. The van der Waals surface area contributed by atoms with Crippen molar-refractivity contribution in [1.82, 2.24) is 0 Å². The third kappa shape index (κ3) is 1.13. The Morgan fingerprint density at radius 1 is 1.58 bits per heavy atom. The molecule has 2 atom stereocenters. The van der Waals surface area contributed by atoms with E-state index in [-0.39, 0.29) is 5.92 Å². The molecule has 0 aromatic carbocycles. The van der Waals surface area contributed by atoms with Crippen LogP contribution in [0.1, 0.15) is 40.0 Å². The van der Waals surface area contributed by atoms with E-state index in [4.69, 9.17) is 5.26 Å². The first-order valence-corrected chi connectivity index (χ1v) is 4.58. The fraction of sp³-hybridized carbons (Fsp3) is 0.900. The van der Waals surface area contributed by atoms with Gasteiger partial charge in [-0.3, -0.25) is 0 Å². The molecule has 2 nitrogen and oxygen atoms in total. The van der Waals surface area contributed by atoms with E-state index in [9.17, 15) is 5.11 Å². The lowest BCUT2D eigenvalue weighted by Crippen LogP contribution is -2.45. The molecule has 0 amide bonds. The van der Waals surface area contributed by atoms with Gasteiger partial charge in [0, 0.05) is 0 Å². The minimum atomic E-state index is -0.762. The van der Waals surface area contributed by atoms with Gasteiger partial charge in [0.2, 0.25) is 0 Å². The second kappa shape index (κ2) is 2.74. The van der Waals surface area contributed by atoms with E-state index < -0.39 is 11.0 Å². The molecule has 0 spiro atoms. The Morgan fingerprint density at radius 2 is 2.17 bits per heavy atom. The zero-order valence-corrected chi connectivity index (χ0v) is 8.09. The quantitative estimate of drug-likeness (QED) is 0.649. The highest BCUT2D eigenvalue weighted by molar-refractivity contribution is 5.10. The summed E-state index contributed by atoms with van der Waals surface area (Å²) in [7, 11) is 0. The molecule has 0 radical (unpaired) electrons. The lowest BCUT2D eigenvalue weighted by Gasteiger charge is -2.38. The van der Waals surface area contributed by atoms with Crippen LogP contribution in [-0.4, -0.2) is 10.7 Å². The van der Waals surface area contributed by atoms with Crippen LogP contribution in [-0.2, 0) is 0 Å². The molecule has 68 valence electrons. The van der Waals surface area contributed by atoms with E-state index in [0.717, 1.165) is 19.3 Å².